The fourth-order valence-electron chi connectivity index (χ4n) is 4.25. The van der Waals surface area contributed by atoms with Crippen LogP contribution in [-0.4, -0.2) is 63.7 Å². The number of ether oxygens (including phenoxy) is 1. The van der Waals surface area contributed by atoms with Gasteiger partial charge in [0.1, 0.15) is 12.1 Å². The number of nitrogens with zero attached hydrogens (tertiary/aromatic N) is 2. The van der Waals surface area contributed by atoms with Gasteiger partial charge < -0.3 is 25.4 Å². The number of aryl methyl sites for hydroxylation is 1. The third-order valence-electron chi connectivity index (χ3n) is 5.93. The smallest absolute Gasteiger partial charge is 0.408 e. The highest BCUT2D eigenvalue weighted by atomic mass is 32.1. The van der Waals surface area contributed by atoms with Crippen molar-refractivity contribution in [3.8, 4) is 10.4 Å². The van der Waals surface area contributed by atoms with Crippen molar-refractivity contribution in [1.29, 1.82) is 0 Å². The zero-order chi connectivity index (χ0) is 26.4. The maximum absolute atomic E-state index is 13.4. The molecule has 196 valence electrons. The number of aliphatic hydroxyl groups is 1. The minimum atomic E-state index is -0.848. The second-order valence-corrected chi connectivity index (χ2v) is 10.7. The number of aromatic nitrogens is 1. The molecule has 3 unspecified atom stereocenters. The van der Waals surface area contributed by atoms with Gasteiger partial charge in [-0.3, -0.25) is 9.59 Å². The van der Waals surface area contributed by atoms with Crippen LogP contribution in [0.15, 0.2) is 29.8 Å². The number of carbonyl (C=O) groups excluding carboxylic acids is 3. The number of thiazole rings is 1. The van der Waals surface area contributed by atoms with E-state index in [9.17, 15) is 19.5 Å². The molecule has 3 amide bonds. The molecule has 1 aromatic heterocycles. The lowest BCUT2D eigenvalue weighted by Gasteiger charge is -2.29. The van der Waals surface area contributed by atoms with Gasteiger partial charge >= 0.3 is 6.09 Å². The lowest BCUT2D eigenvalue weighted by Crippen LogP contribution is -2.54. The van der Waals surface area contributed by atoms with Crippen LogP contribution in [0.4, 0.5) is 4.79 Å². The maximum Gasteiger partial charge on any atom is 0.408 e. The molecule has 1 fully saturated rings. The molecule has 1 aliphatic heterocycles. The van der Waals surface area contributed by atoms with Crippen LogP contribution in [0.1, 0.15) is 51.8 Å². The Kier molecular flexibility index (Phi) is 9.44. The van der Waals surface area contributed by atoms with Gasteiger partial charge in [0.25, 0.3) is 0 Å². The van der Waals surface area contributed by atoms with E-state index in [4.69, 9.17) is 4.74 Å². The van der Waals surface area contributed by atoms with E-state index in [2.05, 4.69) is 15.6 Å². The topological polar surface area (TPSA) is 121 Å². The first kappa shape index (κ1) is 27.6. The van der Waals surface area contributed by atoms with Crippen molar-refractivity contribution in [3.05, 3.63) is 41.0 Å². The number of benzene rings is 1. The summed E-state index contributed by atoms with van der Waals surface area (Å²) >= 11 is 1.58. The van der Waals surface area contributed by atoms with Gasteiger partial charge in [0.2, 0.25) is 11.8 Å². The summed E-state index contributed by atoms with van der Waals surface area (Å²) in [5, 5.41) is 15.8. The summed E-state index contributed by atoms with van der Waals surface area (Å²) in [6, 6.07) is 6.23. The molecule has 0 radical (unpaired) electrons. The van der Waals surface area contributed by atoms with Crippen LogP contribution in [0.2, 0.25) is 0 Å². The summed E-state index contributed by atoms with van der Waals surface area (Å²) in [6.45, 7) is 9.64. The SMILES string of the molecule is Cc1ncsc1-c1ccc(CNC(=O)C2CC(O)CN2C(=O)C(CC(C)C)NC(=O)OC(C)C)cc1. The molecular formula is C26H36N4O5S. The number of hydrogen-bond donors (Lipinski definition) is 3. The second-order valence-electron chi connectivity index (χ2n) is 9.86. The first-order valence-corrected chi connectivity index (χ1v) is 13.2. The first-order valence-electron chi connectivity index (χ1n) is 12.3. The predicted molar refractivity (Wildman–Crippen MR) is 138 cm³/mol. The van der Waals surface area contributed by atoms with E-state index in [-0.39, 0.29) is 30.9 Å². The van der Waals surface area contributed by atoms with E-state index in [1.165, 1.54) is 4.90 Å². The molecule has 0 spiro atoms. The van der Waals surface area contributed by atoms with Gasteiger partial charge in [-0.2, -0.15) is 0 Å². The highest BCUT2D eigenvalue weighted by molar-refractivity contribution is 7.13. The molecule has 3 rings (SSSR count). The summed E-state index contributed by atoms with van der Waals surface area (Å²) in [7, 11) is 0. The number of rotatable bonds is 9. The van der Waals surface area contributed by atoms with E-state index in [0.29, 0.717) is 13.0 Å². The van der Waals surface area contributed by atoms with E-state index >= 15 is 0 Å². The molecule has 3 N–H and O–H groups in total. The van der Waals surface area contributed by atoms with Crippen LogP contribution < -0.4 is 10.6 Å². The van der Waals surface area contributed by atoms with Gasteiger partial charge in [-0.15, -0.1) is 11.3 Å². The number of nitrogens with one attached hydrogen (secondary N) is 2. The van der Waals surface area contributed by atoms with Crippen molar-refractivity contribution < 1.29 is 24.2 Å². The lowest BCUT2D eigenvalue weighted by atomic mass is 10.0. The number of hydrogen-bond acceptors (Lipinski definition) is 7. The summed E-state index contributed by atoms with van der Waals surface area (Å²) in [5.74, 6) is -0.615. The van der Waals surface area contributed by atoms with Crippen molar-refractivity contribution in [2.45, 2.75) is 78.3 Å². The number of alkyl carbamates (subject to hydrolysis) is 1. The Bertz CT molecular complexity index is 1050. The Morgan fingerprint density at radius 3 is 2.47 bits per heavy atom. The summed E-state index contributed by atoms with van der Waals surface area (Å²) in [6.07, 6.45) is -1.28. The third kappa shape index (κ3) is 7.27. The Morgan fingerprint density at radius 2 is 1.89 bits per heavy atom. The predicted octanol–water partition coefficient (Wildman–Crippen LogP) is 3.25. The normalized spacial score (nSPS) is 18.4. The van der Waals surface area contributed by atoms with Crippen LogP contribution >= 0.6 is 11.3 Å². The molecule has 0 saturated carbocycles. The van der Waals surface area contributed by atoms with E-state index < -0.39 is 30.2 Å². The minimum absolute atomic E-state index is 0.0370. The van der Waals surface area contributed by atoms with Crippen LogP contribution in [0.5, 0.6) is 0 Å². The van der Waals surface area contributed by atoms with Crippen LogP contribution in [0.25, 0.3) is 10.4 Å². The van der Waals surface area contributed by atoms with Crippen LogP contribution in [0.3, 0.4) is 0 Å². The van der Waals surface area contributed by atoms with Gasteiger partial charge in [0.05, 0.1) is 28.3 Å². The largest absolute Gasteiger partial charge is 0.447 e. The third-order valence-corrected chi connectivity index (χ3v) is 6.91. The average molecular weight is 517 g/mol. The van der Waals surface area contributed by atoms with Crippen LogP contribution in [-0.2, 0) is 20.9 Å². The van der Waals surface area contributed by atoms with Gasteiger partial charge in [-0.05, 0) is 44.2 Å². The summed E-state index contributed by atoms with van der Waals surface area (Å²) in [5.41, 5.74) is 4.78. The average Bonchev–Trinajstić information content (AvgIpc) is 3.41. The fourth-order valence-corrected chi connectivity index (χ4v) is 5.06. The lowest BCUT2D eigenvalue weighted by molar-refractivity contribution is -0.140. The minimum Gasteiger partial charge on any atom is -0.447 e. The summed E-state index contributed by atoms with van der Waals surface area (Å²) in [4.78, 5) is 45.4. The highest BCUT2D eigenvalue weighted by Crippen LogP contribution is 2.27. The van der Waals surface area contributed by atoms with Crippen molar-refractivity contribution in [3.63, 3.8) is 0 Å². The molecule has 9 nitrogen and oxygen atoms in total. The number of aliphatic hydroxyl groups excluding tert-OH is 1. The highest BCUT2D eigenvalue weighted by Gasteiger charge is 2.41. The van der Waals surface area contributed by atoms with Gasteiger partial charge in [-0.25, -0.2) is 9.78 Å². The zero-order valence-electron chi connectivity index (χ0n) is 21.5. The Labute approximate surface area is 216 Å². The Morgan fingerprint density at radius 1 is 1.19 bits per heavy atom. The second kappa shape index (κ2) is 12.3. The number of amides is 3. The zero-order valence-corrected chi connectivity index (χ0v) is 22.3. The molecule has 1 aliphatic rings. The monoisotopic (exact) mass is 516 g/mol. The molecule has 0 bridgehead atoms. The van der Waals surface area contributed by atoms with Gasteiger partial charge in [0, 0.05) is 19.5 Å². The molecular weight excluding hydrogens is 480 g/mol. The maximum atomic E-state index is 13.4. The van der Waals surface area contributed by atoms with E-state index in [0.717, 1.165) is 21.7 Å². The Hall–Kier alpha value is -2.98. The number of likely N-dealkylation sites (tertiary alicyclic amines) is 1. The molecule has 36 heavy (non-hydrogen) atoms. The molecule has 2 aromatic rings. The Balaban J connectivity index is 1.65. The molecule has 10 heteroatoms. The van der Waals surface area contributed by atoms with Crippen molar-refractivity contribution in [1.82, 2.24) is 20.5 Å². The molecule has 0 aliphatic carbocycles. The molecule has 1 aromatic carbocycles. The van der Waals surface area contributed by atoms with Crippen molar-refractivity contribution in [2.75, 3.05) is 6.54 Å². The number of carbonyl (C=O) groups is 3. The van der Waals surface area contributed by atoms with Crippen molar-refractivity contribution >= 4 is 29.2 Å². The summed E-state index contributed by atoms with van der Waals surface area (Å²) < 4.78 is 5.14. The molecule has 2 heterocycles. The number of β-amino-alcohol motifs (C(OH)–C–C–N with tert-alkyl or cyclic N) is 1. The molecule has 1 saturated heterocycles. The van der Waals surface area contributed by atoms with E-state index in [1.807, 2.05) is 50.5 Å². The first-order chi connectivity index (χ1) is 17.0. The molecule has 3 atom stereocenters. The van der Waals surface area contributed by atoms with Crippen molar-refractivity contribution in [2.24, 2.45) is 5.92 Å². The van der Waals surface area contributed by atoms with Crippen LogP contribution in [0, 0.1) is 12.8 Å². The fraction of sp³-hybridized carbons (Fsp3) is 0.538. The van der Waals surface area contributed by atoms with Gasteiger partial charge in [0.15, 0.2) is 0 Å². The van der Waals surface area contributed by atoms with E-state index in [1.54, 1.807) is 25.2 Å². The quantitative estimate of drug-likeness (QED) is 0.471. The standard InChI is InChI=1S/C26H36N4O5S/c1-15(2)10-21(29-26(34)35-16(3)4)25(33)30-13-20(31)11-22(30)24(32)27-12-18-6-8-19(9-7-18)23-17(5)28-14-36-23/h6-9,14-16,20-22,31H,10-13H2,1-5H3,(H,27,32)(H,29,34). The van der Waals surface area contributed by atoms with Gasteiger partial charge in [-0.1, -0.05) is 38.1 Å².